The van der Waals surface area contributed by atoms with E-state index in [2.05, 4.69) is 15.2 Å². The molecule has 0 spiro atoms. The van der Waals surface area contributed by atoms with Crippen molar-refractivity contribution in [2.75, 3.05) is 37.6 Å². The van der Waals surface area contributed by atoms with Crippen LogP contribution in [0, 0.1) is 0 Å². The van der Waals surface area contributed by atoms with Gasteiger partial charge in [-0.15, -0.1) is 11.3 Å². The van der Waals surface area contributed by atoms with E-state index in [1.807, 2.05) is 23.1 Å². The number of aromatic nitrogens is 2. The van der Waals surface area contributed by atoms with Gasteiger partial charge in [-0.2, -0.15) is 17.5 Å². The van der Waals surface area contributed by atoms with Gasteiger partial charge in [-0.3, -0.25) is 14.7 Å². The number of sulfonamides is 1. The van der Waals surface area contributed by atoms with Crippen molar-refractivity contribution in [3.63, 3.8) is 0 Å². The lowest BCUT2D eigenvalue weighted by Gasteiger charge is -2.35. The maximum Gasteiger partial charge on any atom is 0.416 e. The van der Waals surface area contributed by atoms with Crippen molar-refractivity contribution in [1.82, 2.24) is 24.5 Å². The summed E-state index contributed by atoms with van der Waals surface area (Å²) in [6.45, 7) is 1.86. The topological polar surface area (TPSA) is 98.7 Å². The molecule has 0 saturated carbocycles. The zero-order chi connectivity index (χ0) is 35.0. The highest BCUT2D eigenvalue weighted by Gasteiger charge is 2.53. The monoisotopic (exact) mass is 740 g/mol. The van der Waals surface area contributed by atoms with Gasteiger partial charge in [-0.1, -0.05) is 29.8 Å². The minimum Gasteiger partial charge on any atom is -0.354 e. The van der Waals surface area contributed by atoms with Gasteiger partial charge in [-0.05, 0) is 54.1 Å². The Morgan fingerprint density at radius 1 is 1.02 bits per heavy atom. The first-order valence-corrected chi connectivity index (χ1v) is 17.8. The van der Waals surface area contributed by atoms with E-state index in [-0.39, 0.29) is 15.1 Å². The quantitative estimate of drug-likeness (QED) is 0.213. The molecular formula is C32H30ClF5N6O3S2. The Hall–Kier alpha value is -3.70. The molecule has 49 heavy (non-hydrogen) atoms. The third kappa shape index (κ3) is 8.20. The molecule has 1 N–H and O–H groups in total. The predicted molar refractivity (Wildman–Crippen MR) is 175 cm³/mol. The van der Waals surface area contributed by atoms with E-state index in [0.717, 1.165) is 17.8 Å². The average molecular weight is 741 g/mol. The molecule has 0 aliphatic carbocycles. The molecular weight excluding hydrogens is 711 g/mol. The number of thiophene rings is 1. The number of halogens is 6. The Labute approximate surface area is 288 Å². The second-order valence-electron chi connectivity index (χ2n) is 11.8. The summed E-state index contributed by atoms with van der Waals surface area (Å²) in [7, 11) is -4.45. The van der Waals surface area contributed by atoms with Gasteiger partial charge in [0.25, 0.3) is 15.9 Å². The highest BCUT2D eigenvalue weighted by molar-refractivity contribution is 7.91. The lowest BCUT2D eigenvalue weighted by atomic mass is 10.1. The Morgan fingerprint density at radius 3 is 2.39 bits per heavy atom. The number of nitrogens with one attached hydrogen (secondary N) is 1. The number of alkyl halides is 5. The third-order valence-corrected chi connectivity index (χ3v) is 11.8. The molecule has 2 fully saturated rings. The molecule has 260 valence electrons. The normalized spacial score (nSPS) is 18.9. The van der Waals surface area contributed by atoms with Crippen molar-refractivity contribution < 1.29 is 35.2 Å². The Balaban J connectivity index is 1.23. The van der Waals surface area contributed by atoms with Gasteiger partial charge in [0.15, 0.2) is 0 Å². The number of hydrogen-bond acceptors (Lipinski definition) is 8. The van der Waals surface area contributed by atoms with Crippen LogP contribution in [0.1, 0.15) is 23.2 Å². The summed E-state index contributed by atoms with van der Waals surface area (Å²) in [4.78, 5) is 26.7. The van der Waals surface area contributed by atoms with Crippen LogP contribution < -0.4 is 10.2 Å². The van der Waals surface area contributed by atoms with Crippen LogP contribution in [0.2, 0.25) is 4.34 Å². The first-order valence-electron chi connectivity index (χ1n) is 15.2. The van der Waals surface area contributed by atoms with Gasteiger partial charge in [0.1, 0.15) is 16.1 Å². The first kappa shape index (κ1) is 35.1. The Kier molecular flexibility index (Phi) is 9.97. The SMILES string of the molecule is O=C(NCc1cc(-c2ccc(C(F)(F)F)cc2)nc(N2CCN(Cc3ccccn3)CC2)c1)C1CC(F)(F)CN1S(=O)(=O)c1ccc(Cl)s1. The molecule has 2 aliphatic rings. The second-order valence-corrected chi connectivity index (χ2v) is 15.6. The van der Waals surface area contributed by atoms with Crippen LogP contribution in [0.25, 0.3) is 11.3 Å². The number of piperazine rings is 1. The van der Waals surface area contributed by atoms with Crippen LogP contribution in [-0.2, 0) is 34.1 Å². The molecule has 1 atom stereocenters. The highest BCUT2D eigenvalue weighted by atomic mass is 35.5. The molecule has 0 bridgehead atoms. The summed E-state index contributed by atoms with van der Waals surface area (Å²) < 4.78 is 95.7. The number of hydrogen-bond donors (Lipinski definition) is 1. The largest absolute Gasteiger partial charge is 0.416 e. The lowest BCUT2D eigenvalue weighted by molar-refractivity contribution is -0.137. The predicted octanol–water partition coefficient (Wildman–Crippen LogP) is 5.91. The summed E-state index contributed by atoms with van der Waals surface area (Å²) in [5, 5.41) is 2.60. The fourth-order valence-electron chi connectivity index (χ4n) is 5.79. The number of carbonyl (C=O) groups is 1. The van der Waals surface area contributed by atoms with E-state index in [1.165, 1.54) is 24.3 Å². The number of amides is 1. The average Bonchev–Trinajstić information content (AvgIpc) is 3.67. The minimum atomic E-state index is -4.52. The maximum absolute atomic E-state index is 14.6. The van der Waals surface area contributed by atoms with Gasteiger partial charge in [0.05, 0.1) is 27.8 Å². The van der Waals surface area contributed by atoms with Gasteiger partial charge >= 0.3 is 6.18 Å². The van der Waals surface area contributed by atoms with Gasteiger partial charge in [-0.25, -0.2) is 22.2 Å². The van der Waals surface area contributed by atoms with Gasteiger partial charge in [0, 0.05) is 57.4 Å². The van der Waals surface area contributed by atoms with E-state index >= 15 is 0 Å². The molecule has 2 saturated heterocycles. The Bertz CT molecular complexity index is 1900. The highest BCUT2D eigenvalue weighted by Crippen LogP contribution is 2.38. The van der Waals surface area contributed by atoms with Crippen LogP contribution in [0.4, 0.5) is 27.8 Å². The molecule has 9 nitrogen and oxygen atoms in total. The number of rotatable bonds is 9. The summed E-state index contributed by atoms with van der Waals surface area (Å²) in [6.07, 6.45) is -3.79. The van der Waals surface area contributed by atoms with Crippen LogP contribution in [-0.4, -0.2) is 78.2 Å². The number of carbonyl (C=O) groups excluding carboxylic acids is 1. The Morgan fingerprint density at radius 2 is 1.76 bits per heavy atom. The maximum atomic E-state index is 14.6. The van der Waals surface area contributed by atoms with Crippen LogP contribution in [0.5, 0.6) is 0 Å². The summed E-state index contributed by atoms with van der Waals surface area (Å²) >= 11 is 6.59. The van der Waals surface area contributed by atoms with Crippen LogP contribution in [0.3, 0.4) is 0 Å². The van der Waals surface area contributed by atoms with Crippen molar-refractivity contribution in [3.05, 3.63) is 94.1 Å². The van der Waals surface area contributed by atoms with Crippen LogP contribution >= 0.6 is 22.9 Å². The minimum absolute atomic E-state index is 0.150. The summed E-state index contributed by atoms with van der Waals surface area (Å²) in [6, 6.07) is 14.4. The van der Waals surface area contributed by atoms with Crippen molar-refractivity contribution in [2.45, 2.75) is 41.9 Å². The molecule has 1 unspecified atom stereocenters. The van der Waals surface area contributed by atoms with Crippen molar-refractivity contribution in [3.8, 4) is 11.3 Å². The third-order valence-electron chi connectivity index (χ3n) is 8.30. The van der Waals surface area contributed by atoms with E-state index in [4.69, 9.17) is 16.6 Å². The number of anilines is 1. The van der Waals surface area contributed by atoms with Crippen molar-refractivity contribution in [2.24, 2.45) is 0 Å². The van der Waals surface area contributed by atoms with Crippen molar-refractivity contribution >= 4 is 44.7 Å². The summed E-state index contributed by atoms with van der Waals surface area (Å²) in [5.41, 5.74) is 1.35. The molecule has 3 aromatic heterocycles. The molecule has 0 radical (unpaired) electrons. The molecule has 4 aromatic rings. The number of pyridine rings is 2. The van der Waals surface area contributed by atoms with Crippen LogP contribution in [0.15, 0.2) is 77.1 Å². The van der Waals surface area contributed by atoms with Gasteiger partial charge < -0.3 is 10.2 Å². The molecule has 1 amide bonds. The fraction of sp³-hybridized carbons (Fsp3) is 0.344. The molecule has 5 heterocycles. The molecule has 17 heteroatoms. The fourth-order valence-corrected chi connectivity index (χ4v) is 9.02. The summed E-state index contributed by atoms with van der Waals surface area (Å²) in [5.74, 6) is -3.83. The second kappa shape index (κ2) is 13.9. The van der Waals surface area contributed by atoms with Crippen molar-refractivity contribution in [1.29, 1.82) is 0 Å². The standard InChI is InChI=1S/C32H30ClF5N6O3S2/c33-27-8-9-29(48-27)49(46,47)44-20-31(34,35)17-26(44)30(45)40-18-21-15-25(22-4-6-23(7-5-22)32(36,37)38)41-28(16-21)43-13-11-42(12-14-43)19-24-3-1-2-10-39-24/h1-10,15-16,26H,11-14,17-20H2,(H,40,45). The van der Waals surface area contributed by atoms with E-state index in [9.17, 15) is 35.2 Å². The number of benzene rings is 1. The zero-order valence-corrected chi connectivity index (χ0v) is 28.1. The van der Waals surface area contributed by atoms with E-state index in [1.54, 1.807) is 18.3 Å². The smallest absolute Gasteiger partial charge is 0.354 e. The molecule has 6 rings (SSSR count). The lowest BCUT2D eigenvalue weighted by Crippen LogP contribution is -2.46. The van der Waals surface area contributed by atoms with Gasteiger partial charge in [0.2, 0.25) is 5.91 Å². The van der Waals surface area contributed by atoms with E-state index < -0.39 is 52.6 Å². The molecule has 2 aliphatic heterocycles. The molecule has 1 aromatic carbocycles. The number of nitrogens with zero attached hydrogens (tertiary/aromatic N) is 5. The zero-order valence-electron chi connectivity index (χ0n) is 25.7. The van der Waals surface area contributed by atoms with E-state index in [0.29, 0.717) is 71.0 Å². The first-order chi connectivity index (χ1) is 23.2.